The third-order valence-corrected chi connectivity index (χ3v) is 7.13. The van der Waals surface area contributed by atoms with Gasteiger partial charge in [-0.05, 0) is 54.2 Å². The van der Waals surface area contributed by atoms with E-state index < -0.39 is 0 Å². The molecule has 2 amide bonds. The molecule has 6 rings (SSSR count). The predicted octanol–water partition coefficient (Wildman–Crippen LogP) is 5.82. The molecular weight excluding hydrogens is 516 g/mol. The molecule has 0 aliphatic carbocycles. The predicted molar refractivity (Wildman–Crippen MR) is 155 cm³/mol. The Morgan fingerprint density at radius 3 is 2.39 bits per heavy atom. The molecule has 1 atom stereocenters. The average molecular weight is 547 g/mol. The molecular formula is C32H30N6O3. The van der Waals surface area contributed by atoms with E-state index in [1.807, 2.05) is 66.9 Å². The second kappa shape index (κ2) is 12.6. The zero-order valence-corrected chi connectivity index (χ0v) is 22.5. The quantitative estimate of drug-likeness (QED) is 0.304. The lowest BCUT2D eigenvalue weighted by molar-refractivity contribution is -0.0829. The standard InChI is InChI=1S/C32H30N6O3/c39-32(38-29(15-18-41-38)26-6-2-1-3-7-26)36-28-8-4-5-23(19-28)9-10-24-20-34-31(35-21-24)37-30-12-11-27(22-33-30)25-13-16-40-17-14-25/h1-8,11-12,19-22,25,29H,13-18H2,(H,36,39)(H,33,34,35,37)/t29-/m0/s1. The zero-order valence-electron chi connectivity index (χ0n) is 22.5. The van der Waals surface area contributed by atoms with Crippen molar-refractivity contribution in [2.24, 2.45) is 0 Å². The first-order valence-electron chi connectivity index (χ1n) is 13.7. The minimum Gasteiger partial charge on any atom is -0.381 e. The second-order valence-corrected chi connectivity index (χ2v) is 9.92. The Labute approximate surface area is 238 Å². The number of amides is 2. The first-order chi connectivity index (χ1) is 20.2. The fourth-order valence-electron chi connectivity index (χ4n) is 4.97. The maximum absolute atomic E-state index is 13.0. The van der Waals surface area contributed by atoms with Crippen molar-refractivity contribution < 1.29 is 14.4 Å². The summed E-state index contributed by atoms with van der Waals surface area (Å²) in [6.45, 7) is 2.10. The van der Waals surface area contributed by atoms with Crippen molar-refractivity contribution in [2.75, 3.05) is 30.5 Å². The molecule has 9 heteroatoms. The van der Waals surface area contributed by atoms with Gasteiger partial charge in [-0.1, -0.05) is 54.3 Å². The Kier molecular flexibility index (Phi) is 8.12. The maximum Gasteiger partial charge on any atom is 0.346 e. The number of aromatic nitrogens is 3. The molecule has 2 aliphatic heterocycles. The van der Waals surface area contributed by atoms with E-state index in [9.17, 15) is 4.79 Å². The molecule has 0 unspecified atom stereocenters. The molecule has 41 heavy (non-hydrogen) atoms. The summed E-state index contributed by atoms with van der Waals surface area (Å²) < 4.78 is 5.45. The van der Waals surface area contributed by atoms with Crippen LogP contribution in [0.5, 0.6) is 0 Å². The van der Waals surface area contributed by atoms with Crippen LogP contribution in [0.2, 0.25) is 0 Å². The van der Waals surface area contributed by atoms with Crippen molar-refractivity contribution in [3.8, 4) is 11.8 Å². The number of carbonyl (C=O) groups is 1. The van der Waals surface area contributed by atoms with Gasteiger partial charge in [0.05, 0.1) is 18.2 Å². The first kappa shape index (κ1) is 26.4. The Bertz CT molecular complexity index is 1530. The minimum atomic E-state index is -0.314. The average Bonchev–Trinajstić information content (AvgIpc) is 3.53. The van der Waals surface area contributed by atoms with Gasteiger partial charge >= 0.3 is 6.03 Å². The molecule has 2 aliphatic rings. The lowest BCUT2D eigenvalue weighted by Gasteiger charge is -2.23. The molecule has 206 valence electrons. The third-order valence-electron chi connectivity index (χ3n) is 7.13. The van der Waals surface area contributed by atoms with Crippen molar-refractivity contribution >= 4 is 23.5 Å². The number of benzene rings is 2. The van der Waals surface area contributed by atoms with E-state index in [-0.39, 0.29) is 12.1 Å². The molecule has 0 bridgehead atoms. The number of carbonyl (C=O) groups excluding carboxylic acids is 1. The monoisotopic (exact) mass is 546 g/mol. The lowest BCUT2D eigenvalue weighted by atomic mass is 9.93. The van der Waals surface area contributed by atoms with Crippen molar-refractivity contribution in [3.63, 3.8) is 0 Å². The Hall–Kier alpha value is -4.78. The molecule has 2 N–H and O–H groups in total. The number of hydroxylamine groups is 2. The van der Waals surface area contributed by atoms with Crippen molar-refractivity contribution in [3.05, 3.63) is 108 Å². The molecule has 4 heterocycles. The van der Waals surface area contributed by atoms with Crippen LogP contribution in [-0.4, -0.2) is 45.9 Å². The second-order valence-electron chi connectivity index (χ2n) is 9.92. The number of rotatable bonds is 5. The Balaban J connectivity index is 1.06. The van der Waals surface area contributed by atoms with Crippen molar-refractivity contribution in [1.29, 1.82) is 0 Å². The van der Waals surface area contributed by atoms with E-state index in [4.69, 9.17) is 9.57 Å². The number of hydrogen-bond acceptors (Lipinski definition) is 7. The van der Waals surface area contributed by atoms with Gasteiger partial charge in [0.1, 0.15) is 5.82 Å². The van der Waals surface area contributed by atoms with Gasteiger partial charge in [0, 0.05) is 49.5 Å². The highest BCUT2D eigenvalue weighted by molar-refractivity contribution is 5.89. The smallest absolute Gasteiger partial charge is 0.346 e. The Morgan fingerprint density at radius 2 is 1.61 bits per heavy atom. The van der Waals surface area contributed by atoms with E-state index in [2.05, 4.69) is 43.5 Å². The topological polar surface area (TPSA) is 102 Å². The van der Waals surface area contributed by atoms with Crippen LogP contribution in [0.4, 0.5) is 22.2 Å². The largest absolute Gasteiger partial charge is 0.381 e. The molecule has 2 saturated heterocycles. The summed E-state index contributed by atoms with van der Waals surface area (Å²) in [7, 11) is 0. The van der Waals surface area contributed by atoms with Gasteiger partial charge in [-0.3, -0.25) is 4.84 Å². The molecule has 4 aromatic rings. The van der Waals surface area contributed by atoms with Gasteiger partial charge in [-0.15, -0.1) is 0 Å². The number of nitrogens with zero attached hydrogens (tertiary/aromatic N) is 4. The Morgan fingerprint density at radius 1 is 0.805 bits per heavy atom. The number of urea groups is 1. The molecule has 0 radical (unpaired) electrons. The fraction of sp³-hybridized carbons (Fsp3) is 0.250. The number of ether oxygens (including phenoxy) is 1. The summed E-state index contributed by atoms with van der Waals surface area (Å²) in [5.74, 6) is 7.84. The number of anilines is 3. The SMILES string of the molecule is O=C(Nc1cccc(C#Cc2cnc(Nc3ccc(C4CCOCC4)cn3)nc2)c1)N1OCC[C@H]1c1ccccc1. The van der Waals surface area contributed by atoms with Gasteiger partial charge in [-0.25, -0.2) is 19.7 Å². The van der Waals surface area contributed by atoms with Crippen LogP contribution < -0.4 is 10.6 Å². The number of nitrogens with one attached hydrogen (secondary N) is 2. The highest BCUT2D eigenvalue weighted by Gasteiger charge is 2.31. The lowest BCUT2D eigenvalue weighted by Crippen LogP contribution is -2.33. The van der Waals surface area contributed by atoms with Gasteiger partial charge < -0.3 is 15.4 Å². The zero-order chi connectivity index (χ0) is 27.9. The van der Waals surface area contributed by atoms with E-state index >= 15 is 0 Å². The van der Waals surface area contributed by atoms with E-state index in [0.29, 0.717) is 35.5 Å². The van der Waals surface area contributed by atoms with E-state index in [1.54, 1.807) is 12.4 Å². The molecule has 0 spiro atoms. The summed E-state index contributed by atoms with van der Waals surface area (Å²) in [5.41, 5.74) is 4.33. The van der Waals surface area contributed by atoms with Gasteiger partial charge in [0.2, 0.25) is 5.95 Å². The van der Waals surface area contributed by atoms with Crippen LogP contribution in [0.25, 0.3) is 0 Å². The van der Waals surface area contributed by atoms with E-state index in [1.165, 1.54) is 10.6 Å². The molecule has 0 saturated carbocycles. The summed E-state index contributed by atoms with van der Waals surface area (Å²) in [4.78, 5) is 31.9. The molecule has 2 aromatic carbocycles. The fourth-order valence-corrected chi connectivity index (χ4v) is 4.97. The van der Waals surface area contributed by atoms with Crippen LogP contribution in [0.3, 0.4) is 0 Å². The number of pyridine rings is 1. The van der Waals surface area contributed by atoms with Crippen LogP contribution in [-0.2, 0) is 9.57 Å². The molecule has 9 nitrogen and oxygen atoms in total. The summed E-state index contributed by atoms with van der Waals surface area (Å²) >= 11 is 0. The van der Waals surface area contributed by atoms with Crippen molar-refractivity contribution in [2.45, 2.75) is 31.2 Å². The van der Waals surface area contributed by atoms with Gasteiger partial charge in [-0.2, -0.15) is 5.06 Å². The highest BCUT2D eigenvalue weighted by atomic mass is 16.7. The molecule has 2 aromatic heterocycles. The van der Waals surface area contributed by atoms with Crippen LogP contribution in [0.1, 0.15) is 53.5 Å². The minimum absolute atomic E-state index is 0.121. The first-order valence-corrected chi connectivity index (χ1v) is 13.7. The van der Waals surface area contributed by atoms with Crippen LogP contribution in [0, 0.1) is 11.8 Å². The van der Waals surface area contributed by atoms with Gasteiger partial charge in [0.25, 0.3) is 0 Å². The maximum atomic E-state index is 13.0. The van der Waals surface area contributed by atoms with E-state index in [0.717, 1.165) is 43.6 Å². The summed E-state index contributed by atoms with van der Waals surface area (Å²) in [5, 5.41) is 7.47. The third kappa shape index (κ3) is 6.69. The van der Waals surface area contributed by atoms with Crippen LogP contribution >= 0.6 is 0 Å². The normalized spacial score (nSPS) is 17.0. The van der Waals surface area contributed by atoms with Crippen LogP contribution in [0.15, 0.2) is 85.3 Å². The number of hydrogen-bond donors (Lipinski definition) is 2. The highest BCUT2D eigenvalue weighted by Crippen LogP contribution is 2.31. The van der Waals surface area contributed by atoms with Gasteiger partial charge in [0.15, 0.2) is 0 Å². The van der Waals surface area contributed by atoms with Crippen molar-refractivity contribution in [1.82, 2.24) is 20.0 Å². The molecule has 2 fully saturated rings. The summed E-state index contributed by atoms with van der Waals surface area (Å²) in [6.07, 6.45) is 8.05. The summed E-state index contributed by atoms with van der Waals surface area (Å²) in [6, 6.07) is 20.9.